The van der Waals surface area contributed by atoms with Gasteiger partial charge in [0, 0.05) is 44.3 Å². The lowest BCUT2D eigenvalue weighted by atomic mass is 10.2. The van der Waals surface area contributed by atoms with Crippen LogP contribution in [-0.4, -0.2) is 36.1 Å². The Morgan fingerprint density at radius 3 is 2.47 bits per heavy atom. The van der Waals surface area contributed by atoms with E-state index in [1.54, 1.807) is 11.3 Å². The average molecular weight is 275 g/mol. The van der Waals surface area contributed by atoms with Crippen molar-refractivity contribution in [1.82, 2.24) is 9.97 Å². The molecule has 0 bridgehead atoms. The van der Waals surface area contributed by atoms with Crippen molar-refractivity contribution >= 4 is 22.2 Å². The van der Waals surface area contributed by atoms with Crippen LogP contribution in [0.15, 0.2) is 29.9 Å². The van der Waals surface area contributed by atoms with Crippen LogP contribution in [0, 0.1) is 0 Å². The second-order valence-electron chi connectivity index (χ2n) is 4.50. The molecule has 2 N–H and O–H groups in total. The zero-order chi connectivity index (χ0) is 13.1. The molecule has 0 aliphatic carbocycles. The monoisotopic (exact) mass is 275 g/mol. The fourth-order valence-electron chi connectivity index (χ4n) is 2.25. The number of aromatic nitrogens is 2. The molecule has 5 nitrogen and oxygen atoms in total. The molecule has 0 saturated carbocycles. The van der Waals surface area contributed by atoms with Crippen molar-refractivity contribution < 1.29 is 0 Å². The van der Waals surface area contributed by atoms with Crippen molar-refractivity contribution in [2.45, 2.75) is 6.54 Å². The van der Waals surface area contributed by atoms with Gasteiger partial charge in [0.1, 0.15) is 0 Å². The number of rotatable bonds is 3. The molecule has 1 saturated heterocycles. The van der Waals surface area contributed by atoms with Crippen molar-refractivity contribution in [3.05, 3.63) is 35.6 Å². The molecule has 3 heterocycles. The van der Waals surface area contributed by atoms with Gasteiger partial charge in [0.05, 0.1) is 17.6 Å². The van der Waals surface area contributed by atoms with Crippen LogP contribution in [-0.2, 0) is 6.54 Å². The van der Waals surface area contributed by atoms with Gasteiger partial charge in [-0.25, -0.2) is 4.98 Å². The number of piperazine rings is 1. The van der Waals surface area contributed by atoms with E-state index >= 15 is 0 Å². The Hall–Kier alpha value is -1.66. The number of pyridine rings is 1. The van der Waals surface area contributed by atoms with E-state index in [-0.39, 0.29) is 0 Å². The van der Waals surface area contributed by atoms with Gasteiger partial charge in [0.15, 0.2) is 5.13 Å². The van der Waals surface area contributed by atoms with Gasteiger partial charge in [0.2, 0.25) is 0 Å². The van der Waals surface area contributed by atoms with E-state index in [0.29, 0.717) is 6.54 Å². The zero-order valence-electron chi connectivity index (χ0n) is 10.7. The Bertz CT molecular complexity index is 502. The normalized spacial score (nSPS) is 15.8. The lowest BCUT2D eigenvalue weighted by Gasteiger charge is -2.35. The molecule has 3 rings (SSSR count). The fraction of sp³-hybridized carbons (Fsp3) is 0.385. The number of hydrogen-bond acceptors (Lipinski definition) is 6. The Kier molecular flexibility index (Phi) is 3.61. The van der Waals surface area contributed by atoms with Gasteiger partial charge < -0.3 is 15.5 Å². The SMILES string of the molecule is NCc1ccc(N2CCN(c3nccs3)CC2)cn1. The average Bonchev–Trinajstić information content (AvgIpc) is 3.02. The molecule has 1 aliphatic rings. The first-order valence-electron chi connectivity index (χ1n) is 6.41. The number of nitrogens with zero attached hydrogens (tertiary/aromatic N) is 4. The van der Waals surface area contributed by atoms with Crippen LogP contribution in [0.25, 0.3) is 0 Å². The molecule has 100 valence electrons. The summed E-state index contributed by atoms with van der Waals surface area (Å²) in [6.45, 7) is 4.52. The minimum absolute atomic E-state index is 0.498. The van der Waals surface area contributed by atoms with Gasteiger partial charge in [-0.05, 0) is 12.1 Å². The minimum atomic E-state index is 0.498. The summed E-state index contributed by atoms with van der Waals surface area (Å²) in [6, 6.07) is 4.11. The predicted molar refractivity (Wildman–Crippen MR) is 78.7 cm³/mol. The van der Waals surface area contributed by atoms with E-state index < -0.39 is 0 Å². The third-order valence-electron chi connectivity index (χ3n) is 3.35. The van der Waals surface area contributed by atoms with Gasteiger partial charge in [-0.1, -0.05) is 0 Å². The van der Waals surface area contributed by atoms with Crippen LogP contribution < -0.4 is 15.5 Å². The van der Waals surface area contributed by atoms with E-state index in [0.717, 1.165) is 37.0 Å². The maximum Gasteiger partial charge on any atom is 0.185 e. The molecule has 2 aromatic heterocycles. The molecule has 0 aromatic carbocycles. The lowest BCUT2D eigenvalue weighted by molar-refractivity contribution is 0.651. The molecule has 6 heteroatoms. The minimum Gasteiger partial charge on any atom is -0.367 e. The maximum atomic E-state index is 5.56. The largest absolute Gasteiger partial charge is 0.367 e. The summed E-state index contributed by atoms with van der Waals surface area (Å²) in [4.78, 5) is 13.4. The van der Waals surface area contributed by atoms with Crippen LogP contribution in [0.4, 0.5) is 10.8 Å². The molecular weight excluding hydrogens is 258 g/mol. The molecule has 19 heavy (non-hydrogen) atoms. The predicted octanol–water partition coefficient (Wildman–Crippen LogP) is 1.32. The first-order valence-corrected chi connectivity index (χ1v) is 7.29. The molecular formula is C13H17N5S. The number of nitrogens with two attached hydrogens (primary N) is 1. The van der Waals surface area contributed by atoms with Crippen molar-refractivity contribution in [2.24, 2.45) is 5.73 Å². The Morgan fingerprint density at radius 1 is 1.11 bits per heavy atom. The van der Waals surface area contributed by atoms with Crippen molar-refractivity contribution in [2.75, 3.05) is 36.0 Å². The molecule has 0 amide bonds. The van der Waals surface area contributed by atoms with Gasteiger partial charge in [-0.2, -0.15) is 0 Å². The second kappa shape index (κ2) is 5.54. The van der Waals surface area contributed by atoms with E-state index in [1.165, 1.54) is 5.69 Å². The molecule has 0 radical (unpaired) electrons. The lowest BCUT2D eigenvalue weighted by Crippen LogP contribution is -2.46. The molecule has 1 aliphatic heterocycles. The first kappa shape index (κ1) is 12.4. The Morgan fingerprint density at radius 2 is 1.89 bits per heavy atom. The summed E-state index contributed by atoms with van der Waals surface area (Å²) < 4.78 is 0. The molecule has 1 fully saturated rings. The second-order valence-corrected chi connectivity index (χ2v) is 5.37. The maximum absolute atomic E-state index is 5.56. The number of anilines is 2. The van der Waals surface area contributed by atoms with E-state index in [1.807, 2.05) is 23.8 Å². The highest BCUT2D eigenvalue weighted by atomic mass is 32.1. The van der Waals surface area contributed by atoms with Crippen LogP contribution >= 0.6 is 11.3 Å². The highest BCUT2D eigenvalue weighted by Gasteiger charge is 2.18. The van der Waals surface area contributed by atoms with E-state index in [2.05, 4.69) is 25.8 Å². The smallest absolute Gasteiger partial charge is 0.185 e. The fourth-order valence-corrected chi connectivity index (χ4v) is 2.95. The van der Waals surface area contributed by atoms with Gasteiger partial charge >= 0.3 is 0 Å². The standard InChI is InChI=1S/C13H17N5S/c14-9-11-1-2-12(10-16-11)17-4-6-18(7-5-17)13-15-3-8-19-13/h1-3,8,10H,4-7,9,14H2. The first-order chi connectivity index (χ1) is 9.36. The van der Waals surface area contributed by atoms with Gasteiger partial charge in [-0.15, -0.1) is 11.3 Å². The zero-order valence-corrected chi connectivity index (χ0v) is 11.5. The molecule has 0 spiro atoms. The number of hydrogen-bond donors (Lipinski definition) is 1. The highest BCUT2D eigenvalue weighted by Crippen LogP contribution is 2.21. The highest BCUT2D eigenvalue weighted by molar-refractivity contribution is 7.13. The van der Waals surface area contributed by atoms with Crippen LogP contribution in [0.5, 0.6) is 0 Å². The summed E-state index contributed by atoms with van der Waals surface area (Å²) in [5.74, 6) is 0. The number of thiazole rings is 1. The van der Waals surface area contributed by atoms with Crippen molar-refractivity contribution in [3.8, 4) is 0 Å². The van der Waals surface area contributed by atoms with Crippen LogP contribution in [0.3, 0.4) is 0 Å². The molecule has 0 atom stereocenters. The molecule has 2 aromatic rings. The third-order valence-corrected chi connectivity index (χ3v) is 4.19. The van der Waals surface area contributed by atoms with Crippen LogP contribution in [0.2, 0.25) is 0 Å². The van der Waals surface area contributed by atoms with E-state index in [4.69, 9.17) is 5.73 Å². The summed E-state index contributed by atoms with van der Waals surface area (Å²) in [5, 5.41) is 3.15. The van der Waals surface area contributed by atoms with Crippen molar-refractivity contribution in [3.63, 3.8) is 0 Å². The summed E-state index contributed by atoms with van der Waals surface area (Å²) >= 11 is 1.70. The quantitative estimate of drug-likeness (QED) is 0.915. The Balaban J connectivity index is 1.63. The van der Waals surface area contributed by atoms with E-state index in [9.17, 15) is 0 Å². The van der Waals surface area contributed by atoms with Crippen molar-refractivity contribution in [1.29, 1.82) is 0 Å². The Labute approximate surface area is 116 Å². The van der Waals surface area contributed by atoms with Gasteiger partial charge in [-0.3, -0.25) is 4.98 Å². The summed E-state index contributed by atoms with van der Waals surface area (Å²) in [6.07, 6.45) is 3.78. The third kappa shape index (κ3) is 2.69. The topological polar surface area (TPSA) is 58.3 Å². The molecule has 0 unspecified atom stereocenters. The van der Waals surface area contributed by atoms with Gasteiger partial charge in [0.25, 0.3) is 0 Å². The summed E-state index contributed by atoms with van der Waals surface area (Å²) in [5.41, 5.74) is 7.67. The summed E-state index contributed by atoms with van der Waals surface area (Å²) in [7, 11) is 0. The van der Waals surface area contributed by atoms with Crippen LogP contribution in [0.1, 0.15) is 5.69 Å².